The van der Waals surface area contributed by atoms with Gasteiger partial charge in [0, 0.05) is 0 Å². The molecule has 2 atom stereocenters. The van der Waals surface area contributed by atoms with Crippen LogP contribution in [0.25, 0.3) is 0 Å². The first-order valence-electron chi connectivity index (χ1n) is 6.14. The molecule has 0 radical (unpaired) electrons. The summed E-state index contributed by atoms with van der Waals surface area (Å²) in [5, 5.41) is 11.5. The van der Waals surface area contributed by atoms with Crippen LogP contribution in [0.5, 0.6) is 0 Å². The number of hydrogen-bond acceptors (Lipinski definition) is 5. The van der Waals surface area contributed by atoms with E-state index in [4.69, 9.17) is 4.74 Å². The van der Waals surface area contributed by atoms with Crippen LogP contribution in [0.4, 0.5) is 13.6 Å². The number of esters is 1. The predicted octanol–water partition coefficient (Wildman–Crippen LogP) is 1.46. The average Bonchev–Trinajstić information content (AvgIpc) is 2.25. The van der Waals surface area contributed by atoms with E-state index in [9.17, 15) is 23.5 Å². The second-order valence-electron chi connectivity index (χ2n) is 5.22. The van der Waals surface area contributed by atoms with Gasteiger partial charge >= 0.3 is 18.0 Å². The minimum atomic E-state index is -4.12. The van der Waals surface area contributed by atoms with Crippen molar-refractivity contribution in [2.24, 2.45) is 0 Å². The predicted molar refractivity (Wildman–Crippen MR) is 66.4 cm³/mol. The molecule has 0 aromatic heterocycles. The number of amides is 1. The highest BCUT2D eigenvalue weighted by molar-refractivity contribution is 5.78. The second kappa shape index (κ2) is 6.83. The van der Waals surface area contributed by atoms with Gasteiger partial charge in [0.1, 0.15) is 11.7 Å². The number of alkyl carbamates (subject to hydrolysis) is 1. The molecule has 0 rings (SSSR count). The van der Waals surface area contributed by atoms with Gasteiger partial charge in [0.05, 0.1) is 12.6 Å². The van der Waals surface area contributed by atoms with Crippen LogP contribution in [0.2, 0.25) is 0 Å². The number of carbonyl (C=O) groups excluding carboxylic acids is 2. The monoisotopic (exact) mass is 297 g/mol. The van der Waals surface area contributed by atoms with E-state index in [2.05, 4.69) is 4.74 Å². The molecule has 0 aromatic rings. The van der Waals surface area contributed by atoms with Crippen LogP contribution in [0, 0.1) is 0 Å². The van der Waals surface area contributed by atoms with Crippen LogP contribution in [0.15, 0.2) is 0 Å². The van der Waals surface area contributed by atoms with Crippen LogP contribution in [0.1, 0.15) is 34.6 Å². The summed E-state index contributed by atoms with van der Waals surface area (Å²) in [5.41, 5.74) is -0.807. The quantitative estimate of drug-likeness (QED) is 0.750. The third-order valence-electron chi connectivity index (χ3n) is 2.14. The van der Waals surface area contributed by atoms with Crippen LogP contribution >= 0.6 is 0 Å². The van der Waals surface area contributed by atoms with Crippen molar-refractivity contribution in [1.29, 1.82) is 0 Å². The molecule has 0 aliphatic carbocycles. The van der Waals surface area contributed by atoms with Crippen LogP contribution < -0.4 is 5.32 Å². The maximum absolute atomic E-state index is 13.5. The van der Waals surface area contributed by atoms with E-state index in [0.29, 0.717) is 0 Å². The Morgan fingerprint density at radius 3 is 2.20 bits per heavy atom. The summed E-state index contributed by atoms with van der Waals surface area (Å²) in [4.78, 5) is 22.4. The van der Waals surface area contributed by atoms with E-state index in [1.54, 1.807) is 20.8 Å². The van der Waals surface area contributed by atoms with Gasteiger partial charge in [-0.05, 0) is 34.6 Å². The van der Waals surface area contributed by atoms with Crippen LogP contribution in [0.3, 0.4) is 0 Å². The number of nitrogens with one attached hydrogen (secondary N) is 1. The third kappa shape index (κ3) is 5.68. The van der Waals surface area contributed by atoms with Crippen molar-refractivity contribution >= 4 is 12.1 Å². The van der Waals surface area contributed by atoms with Crippen LogP contribution in [-0.4, -0.2) is 47.4 Å². The smallest absolute Gasteiger partial charge is 0.407 e. The molecule has 6 nitrogen and oxygen atoms in total. The van der Waals surface area contributed by atoms with E-state index >= 15 is 0 Å². The molecular formula is C12H21F2NO5. The summed E-state index contributed by atoms with van der Waals surface area (Å²) in [6.07, 6.45) is -3.39. The Kier molecular flexibility index (Phi) is 6.33. The maximum Gasteiger partial charge on any atom is 0.407 e. The molecular weight excluding hydrogens is 276 g/mol. The standard InChI is InChI=1S/C12H21F2NO5/c1-6-19-9(17)12(13,14)8(16)7(2)15-10(18)20-11(3,4)5/h7-8,16H,6H2,1-5H3,(H,15,18)/t7-,8?/m0/s1. The number of aliphatic hydroxyl groups excluding tert-OH is 1. The fourth-order valence-corrected chi connectivity index (χ4v) is 1.23. The molecule has 1 amide bonds. The summed E-state index contributed by atoms with van der Waals surface area (Å²) in [6, 6.07) is -1.40. The van der Waals surface area contributed by atoms with Crippen LogP contribution in [-0.2, 0) is 14.3 Å². The molecule has 20 heavy (non-hydrogen) atoms. The number of alkyl halides is 2. The van der Waals surface area contributed by atoms with E-state index in [-0.39, 0.29) is 6.61 Å². The lowest BCUT2D eigenvalue weighted by Crippen LogP contribution is -2.54. The van der Waals surface area contributed by atoms with Crippen molar-refractivity contribution in [3.05, 3.63) is 0 Å². The Labute approximate surface area is 116 Å². The van der Waals surface area contributed by atoms with E-state index in [1.165, 1.54) is 6.92 Å². The fraction of sp³-hybridized carbons (Fsp3) is 0.833. The third-order valence-corrected chi connectivity index (χ3v) is 2.14. The summed E-state index contributed by atoms with van der Waals surface area (Å²) in [5.74, 6) is -5.96. The molecule has 0 aliphatic rings. The van der Waals surface area contributed by atoms with Gasteiger partial charge in [-0.15, -0.1) is 0 Å². The highest BCUT2D eigenvalue weighted by Crippen LogP contribution is 2.23. The summed E-state index contributed by atoms with van der Waals surface area (Å²) < 4.78 is 36.1. The minimum Gasteiger partial charge on any atom is -0.461 e. The molecule has 1 unspecified atom stereocenters. The van der Waals surface area contributed by atoms with Crippen molar-refractivity contribution < 1.29 is 33.0 Å². The lowest BCUT2D eigenvalue weighted by molar-refractivity contribution is -0.190. The van der Waals surface area contributed by atoms with E-state index in [1.807, 2.05) is 5.32 Å². The fourth-order valence-electron chi connectivity index (χ4n) is 1.23. The van der Waals surface area contributed by atoms with Crippen molar-refractivity contribution in [3.8, 4) is 0 Å². The highest BCUT2D eigenvalue weighted by atomic mass is 19.3. The van der Waals surface area contributed by atoms with Gasteiger partial charge in [-0.3, -0.25) is 0 Å². The summed E-state index contributed by atoms with van der Waals surface area (Å²) in [7, 11) is 0. The van der Waals surface area contributed by atoms with Gasteiger partial charge in [0.25, 0.3) is 0 Å². The first kappa shape index (κ1) is 18.6. The summed E-state index contributed by atoms with van der Waals surface area (Å²) in [6.45, 7) is 7.04. The van der Waals surface area contributed by atoms with Crippen molar-refractivity contribution in [2.45, 2.75) is 58.3 Å². The Bertz CT molecular complexity index is 354. The zero-order valence-electron chi connectivity index (χ0n) is 12.2. The molecule has 118 valence electrons. The number of halogens is 2. The van der Waals surface area contributed by atoms with Crippen molar-refractivity contribution in [3.63, 3.8) is 0 Å². The van der Waals surface area contributed by atoms with Gasteiger partial charge in [-0.1, -0.05) is 0 Å². The number of carbonyl (C=O) groups is 2. The molecule has 0 saturated heterocycles. The van der Waals surface area contributed by atoms with Gasteiger partial charge < -0.3 is 19.9 Å². The van der Waals surface area contributed by atoms with Crippen molar-refractivity contribution in [2.75, 3.05) is 6.61 Å². The Hall–Kier alpha value is -1.44. The molecule has 8 heteroatoms. The lowest BCUT2D eigenvalue weighted by atomic mass is 10.1. The SMILES string of the molecule is CCOC(=O)C(F)(F)C(O)[C@H](C)NC(=O)OC(C)(C)C. The van der Waals surface area contributed by atoms with Gasteiger partial charge in [0.15, 0.2) is 0 Å². The Morgan fingerprint density at radius 1 is 1.30 bits per heavy atom. The molecule has 0 aliphatic heterocycles. The molecule has 0 saturated carbocycles. The molecule has 0 aromatic carbocycles. The van der Waals surface area contributed by atoms with Gasteiger partial charge in [-0.25, -0.2) is 9.59 Å². The van der Waals surface area contributed by atoms with Crippen molar-refractivity contribution in [1.82, 2.24) is 5.32 Å². The molecule has 2 N–H and O–H groups in total. The number of hydrogen-bond donors (Lipinski definition) is 2. The first-order valence-corrected chi connectivity index (χ1v) is 6.14. The minimum absolute atomic E-state index is 0.241. The normalized spacial score (nSPS) is 15.2. The van der Waals surface area contributed by atoms with Gasteiger partial charge in [-0.2, -0.15) is 8.78 Å². The Balaban J connectivity index is 4.65. The molecule has 0 fully saturated rings. The first-order chi connectivity index (χ1) is 8.91. The van der Waals surface area contributed by atoms with E-state index in [0.717, 1.165) is 6.92 Å². The second-order valence-corrected chi connectivity index (χ2v) is 5.22. The number of ether oxygens (including phenoxy) is 2. The highest BCUT2D eigenvalue weighted by Gasteiger charge is 2.51. The Morgan fingerprint density at radius 2 is 1.80 bits per heavy atom. The number of rotatable bonds is 5. The largest absolute Gasteiger partial charge is 0.461 e. The molecule has 0 heterocycles. The summed E-state index contributed by atoms with van der Waals surface area (Å²) >= 11 is 0. The zero-order chi connectivity index (χ0) is 16.1. The van der Waals surface area contributed by atoms with E-state index < -0.39 is 35.7 Å². The zero-order valence-corrected chi connectivity index (χ0v) is 12.2. The average molecular weight is 297 g/mol. The van der Waals surface area contributed by atoms with Gasteiger partial charge in [0.2, 0.25) is 0 Å². The lowest BCUT2D eigenvalue weighted by Gasteiger charge is -2.27. The maximum atomic E-state index is 13.5. The number of aliphatic hydroxyl groups is 1. The molecule has 0 bridgehead atoms. The molecule has 0 spiro atoms. The topological polar surface area (TPSA) is 84.9 Å².